The summed E-state index contributed by atoms with van der Waals surface area (Å²) in [5.41, 5.74) is 2.09. The fourth-order valence-corrected chi connectivity index (χ4v) is 4.01. The van der Waals surface area contributed by atoms with Gasteiger partial charge in [0.05, 0.1) is 0 Å². The predicted molar refractivity (Wildman–Crippen MR) is 85.0 cm³/mol. The van der Waals surface area contributed by atoms with E-state index in [-0.39, 0.29) is 0 Å². The second kappa shape index (κ2) is 5.26. The first-order valence-electron chi connectivity index (χ1n) is 7.44. The van der Waals surface area contributed by atoms with Crippen molar-refractivity contribution < 1.29 is 0 Å². The van der Waals surface area contributed by atoms with Crippen LogP contribution in [0.2, 0.25) is 0 Å². The summed E-state index contributed by atoms with van der Waals surface area (Å²) >= 11 is 1.89. The molecule has 0 bridgehead atoms. The minimum absolute atomic E-state index is 0.527. The maximum atomic E-state index is 3.70. The maximum Gasteiger partial charge on any atom is 0.0345 e. The lowest BCUT2D eigenvalue weighted by Gasteiger charge is -2.24. The molecule has 1 atom stereocenters. The first-order chi connectivity index (χ1) is 9.25. The lowest BCUT2D eigenvalue weighted by atomic mass is 9.89. The topological polar surface area (TPSA) is 12.0 Å². The molecule has 1 unspecified atom stereocenters. The highest BCUT2D eigenvalue weighted by Crippen LogP contribution is 2.52. The van der Waals surface area contributed by atoms with Crippen molar-refractivity contribution >= 4 is 21.4 Å². The van der Waals surface area contributed by atoms with E-state index in [1.54, 1.807) is 5.56 Å². The number of nitrogens with one attached hydrogen (secondary N) is 1. The molecule has 19 heavy (non-hydrogen) atoms. The van der Waals surface area contributed by atoms with Crippen LogP contribution in [0.25, 0.3) is 10.1 Å². The highest BCUT2D eigenvalue weighted by molar-refractivity contribution is 7.17. The van der Waals surface area contributed by atoms with Crippen molar-refractivity contribution in [3.05, 3.63) is 35.2 Å². The van der Waals surface area contributed by atoms with Gasteiger partial charge in [0, 0.05) is 10.7 Å². The second-order valence-corrected chi connectivity index (χ2v) is 6.88. The predicted octanol–water partition coefficient (Wildman–Crippen LogP) is 4.61. The van der Waals surface area contributed by atoms with E-state index < -0.39 is 0 Å². The third kappa shape index (κ3) is 2.56. The third-order valence-corrected chi connectivity index (χ3v) is 5.63. The van der Waals surface area contributed by atoms with Gasteiger partial charge < -0.3 is 5.32 Å². The molecule has 1 aliphatic rings. The van der Waals surface area contributed by atoms with Gasteiger partial charge in [0.1, 0.15) is 0 Å². The van der Waals surface area contributed by atoms with Crippen LogP contribution in [-0.4, -0.2) is 12.6 Å². The Labute approximate surface area is 120 Å². The lowest BCUT2D eigenvalue weighted by Crippen LogP contribution is -2.36. The highest BCUT2D eigenvalue weighted by Gasteiger charge is 2.47. The molecule has 1 heterocycles. The fraction of sp³-hybridized carbons (Fsp3) is 0.529. The number of rotatable bonds is 6. The zero-order chi connectivity index (χ0) is 13.3. The van der Waals surface area contributed by atoms with Crippen LogP contribution >= 0.6 is 11.3 Å². The van der Waals surface area contributed by atoms with Crippen LogP contribution in [0.4, 0.5) is 0 Å². The van der Waals surface area contributed by atoms with Crippen molar-refractivity contribution in [2.45, 2.75) is 45.6 Å². The molecule has 0 radical (unpaired) electrons. The van der Waals surface area contributed by atoms with Crippen molar-refractivity contribution in [3.8, 4) is 0 Å². The van der Waals surface area contributed by atoms with Crippen LogP contribution < -0.4 is 5.32 Å². The molecule has 2 heteroatoms. The quantitative estimate of drug-likeness (QED) is 0.810. The van der Waals surface area contributed by atoms with Crippen molar-refractivity contribution in [2.24, 2.45) is 5.41 Å². The van der Waals surface area contributed by atoms with Gasteiger partial charge in [0.2, 0.25) is 0 Å². The van der Waals surface area contributed by atoms with Crippen LogP contribution in [0.1, 0.15) is 38.7 Å². The lowest BCUT2D eigenvalue weighted by molar-refractivity contribution is 0.351. The van der Waals surface area contributed by atoms with E-state index in [9.17, 15) is 0 Å². The molecule has 1 nitrogen and oxygen atoms in total. The molecule has 1 aliphatic carbocycles. The van der Waals surface area contributed by atoms with E-state index in [0.717, 1.165) is 6.54 Å². The summed E-state index contributed by atoms with van der Waals surface area (Å²) in [7, 11) is 0. The Hall–Kier alpha value is -0.860. The molecule has 1 saturated carbocycles. The van der Waals surface area contributed by atoms with Gasteiger partial charge in [0.15, 0.2) is 0 Å². The summed E-state index contributed by atoms with van der Waals surface area (Å²) in [5, 5.41) is 7.54. The Morgan fingerprint density at radius 3 is 2.84 bits per heavy atom. The van der Waals surface area contributed by atoms with Gasteiger partial charge in [-0.1, -0.05) is 25.1 Å². The largest absolute Gasteiger partial charge is 0.314 e. The Morgan fingerprint density at radius 1 is 1.32 bits per heavy atom. The monoisotopic (exact) mass is 273 g/mol. The van der Waals surface area contributed by atoms with E-state index in [0.29, 0.717) is 11.5 Å². The van der Waals surface area contributed by atoms with E-state index in [4.69, 9.17) is 0 Å². The molecule has 0 amide bonds. The van der Waals surface area contributed by atoms with Gasteiger partial charge in [-0.3, -0.25) is 0 Å². The number of benzene rings is 1. The number of thiophene rings is 1. The maximum absolute atomic E-state index is 3.70. The molecular weight excluding hydrogens is 250 g/mol. The Bertz CT molecular complexity index is 553. The minimum atomic E-state index is 0.527. The Kier molecular flexibility index (Phi) is 3.64. The van der Waals surface area contributed by atoms with Crippen LogP contribution in [0.15, 0.2) is 29.6 Å². The molecule has 0 spiro atoms. The molecule has 3 rings (SSSR count). The minimum Gasteiger partial charge on any atom is -0.314 e. The van der Waals surface area contributed by atoms with Crippen molar-refractivity contribution in [1.29, 1.82) is 0 Å². The van der Waals surface area contributed by atoms with Gasteiger partial charge in [0.25, 0.3) is 0 Å². The summed E-state index contributed by atoms with van der Waals surface area (Å²) in [4.78, 5) is 0. The van der Waals surface area contributed by atoms with Gasteiger partial charge in [-0.25, -0.2) is 0 Å². The first kappa shape index (κ1) is 13.1. The fourth-order valence-electron chi connectivity index (χ4n) is 3.05. The van der Waals surface area contributed by atoms with Crippen LogP contribution in [0, 0.1) is 5.41 Å². The molecule has 1 aromatic carbocycles. The molecule has 102 valence electrons. The van der Waals surface area contributed by atoms with Gasteiger partial charge in [-0.15, -0.1) is 11.3 Å². The Balaban J connectivity index is 1.77. The number of hydrogen-bond acceptors (Lipinski definition) is 2. The van der Waals surface area contributed by atoms with E-state index in [1.807, 2.05) is 11.3 Å². The Morgan fingerprint density at radius 2 is 2.11 bits per heavy atom. The van der Waals surface area contributed by atoms with Gasteiger partial charge >= 0.3 is 0 Å². The summed E-state index contributed by atoms with van der Waals surface area (Å²) in [6.45, 7) is 5.76. The van der Waals surface area contributed by atoms with E-state index in [1.165, 1.54) is 35.8 Å². The number of hydrogen-bond donors (Lipinski definition) is 1. The SMILES string of the molecule is CCCNC(C)C1(Cc2csc3ccccc23)CC1. The van der Waals surface area contributed by atoms with Gasteiger partial charge in [-0.05, 0) is 67.0 Å². The molecule has 1 aromatic heterocycles. The molecule has 1 fully saturated rings. The van der Waals surface area contributed by atoms with Gasteiger partial charge in [-0.2, -0.15) is 0 Å². The zero-order valence-corrected chi connectivity index (χ0v) is 12.7. The summed E-state index contributed by atoms with van der Waals surface area (Å²) in [6, 6.07) is 9.47. The number of fused-ring (bicyclic) bond motifs is 1. The molecule has 1 N–H and O–H groups in total. The normalized spacial score (nSPS) is 18.6. The average Bonchev–Trinajstić information content (AvgIpc) is 3.12. The smallest absolute Gasteiger partial charge is 0.0345 e. The summed E-state index contributed by atoms with van der Waals surface area (Å²) < 4.78 is 1.43. The van der Waals surface area contributed by atoms with Crippen LogP contribution in [-0.2, 0) is 6.42 Å². The first-order valence-corrected chi connectivity index (χ1v) is 8.32. The van der Waals surface area contributed by atoms with Crippen LogP contribution in [0.3, 0.4) is 0 Å². The molecule has 0 saturated heterocycles. The third-order valence-electron chi connectivity index (χ3n) is 4.61. The summed E-state index contributed by atoms with van der Waals surface area (Å²) in [6.07, 6.45) is 5.24. The standard InChI is InChI=1S/C17H23NS/c1-3-10-18-13(2)17(8-9-17)11-14-12-19-16-7-5-4-6-15(14)16/h4-7,12-13,18H,3,8-11H2,1-2H3. The molecular formula is C17H23NS. The van der Waals surface area contributed by atoms with E-state index >= 15 is 0 Å². The zero-order valence-electron chi connectivity index (χ0n) is 11.9. The highest BCUT2D eigenvalue weighted by atomic mass is 32.1. The van der Waals surface area contributed by atoms with Crippen molar-refractivity contribution in [1.82, 2.24) is 5.32 Å². The molecule has 0 aliphatic heterocycles. The van der Waals surface area contributed by atoms with Crippen molar-refractivity contribution in [3.63, 3.8) is 0 Å². The summed E-state index contributed by atoms with van der Waals surface area (Å²) in [5.74, 6) is 0. The van der Waals surface area contributed by atoms with Crippen molar-refractivity contribution in [2.75, 3.05) is 6.54 Å². The molecule has 2 aromatic rings. The van der Waals surface area contributed by atoms with Crippen LogP contribution in [0.5, 0.6) is 0 Å². The van der Waals surface area contributed by atoms with E-state index in [2.05, 4.69) is 48.8 Å². The second-order valence-electron chi connectivity index (χ2n) is 5.97. The average molecular weight is 273 g/mol.